The molecule has 0 aromatic heterocycles. The zero-order valence-corrected chi connectivity index (χ0v) is 25.9. The number of methoxy groups -OCH3 is 1. The second-order valence-electron chi connectivity index (χ2n) is 11.7. The SMILES string of the molecule is COc1cc(CCC(CCc2ccccc2)OC(=S)NCCc2ccccc2)ccc1[Si](C)(C)C(C)(C)C. The quantitative estimate of drug-likeness (QED) is 0.188. The lowest BCUT2D eigenvalue weighted by Crippen LogP contribution is -2.49. The lowest BCUT2D eigenvalue weighted by molar-refractivity contribution is 0.165. The van der Waals surface area contributed by atoms with E-state index in [0.717, 1.165) is 44.4 Å². The monoisotopic (exact) mass is 547 g/mol. The van der Waals surface area contributed by atoms with E-state index in [4.69, 9.17) is 21.7 Å². The average molecular weight is 548 g/mol. The lowest BCUT2D eigenvalue weighted by Gasteiger charge is -2.38. The fraction of sp³-hybridized carbons (Fsp3) is 0.424. The molecule has 0 amide bonds. The summed E-state index contributed by atoms with van der Waals surface area (Å²) in [6.45, 7) is 12.7. The summed E-state index contributed by atoms with van der Waals surface area (Å²) in [5.74, 6) is 1.02. The van der Waals surface area contributed by atoms with E-state index < -0.39 is 8.07 Å². The Hall–Kier alpha value is -2.63. The average Bonchev–Trinajstić information content (AvgIpc) is 2.90. The molecule has 0 aliphatic carbocycles. The summed E-state index contributed by atoms with van der Waals surface area (Å²) in [7, 11) is 0.0940. The van der Waals surface area contributed by atoms with Gasteiger partial charge in [-0.05, 0) is 77.3 Å². The molecule has 0 spiro atoms. The predicted molar refractivity (Wildman–Crippen MR) is 169 cm³/mol. The Labute approximate surface area is 237 Å². The maximum Gasteiger partial charge on any atom is 0.256 e. The Morgan fingerprint density at radius 1 is 0.816 bits per heavy atom. The van der Waals surface area contributed by atoms with Gasteiger partial charge in [0.05, 0.1) is 15.2 Å². The minimum Gasteiger partial charge on any atom is -0.497 e. The molecule has 204 valence electrons. The number of thiocarbonyl (C=S) groups is 1. The van der Waals surface area contributed by atoms with Crippen LogP contribution in [0.1, 0.15) is 50.3 Å². The van der Waals surface area contributed by atoms with Gasteiger partial charge in [0.25, 0.3) is 5.17 Å². The van der Waals surface area contributed by atoms with Crippen molar-refractivity contribution in [3.8, 4) is 5.75 Å². The van der Waals surface area contributed by atoms with Crippen LogP contribution in [-0.4, -0.2) is 33.0 Å². The molecule has 1 N–H and O–H groups in total. The molecule has 0 aliphatic rings. The minimum atomic E-state index is -1.70. The van der Waals surface area contributed by atoms with Crippen molar-refractivity contribution in [2.75, 3.05) is 13.7 Å². The van der Waals surface area contributed by atoms with Crippen LogP contribution in [0, 0.1) is 0 Å². The Kier molecular flexibility index (Phi) is 11.0. The van der Waals surface area contributed by atoms with Gasteiger partial charge in [0.1, 0.15) is 11.9 Å². The Morgan fingerprint density at radius 3 is 1.92 bits per heavy atom. The number of aryl methyl sites for hydroxylation is 2. The van der Waals surface area contributed by atoms with E-state index in [9.17, 15) is 0 Å². The molecule has 0 fully saturated rings. The van der Waals surface area contributed by atoms with E-state index in [1.165, 1.54) is 21.9 Å². The van der Waals surface area contributed by atoms with Crippen LogP contribution in [0.3, 0.4) is 0 Å². The molecule has 0 heterocycles. The summed E-state index contributed by atoms with van der Waals surface area (Å²) >= 11 is 5.59. The Morgan fingerprint density at radius 2 is 1.37 bits per heavy atom. The largest absolute Gasteiger partial charge is 0.497 e. The predicted octanol–water partition coefficient (Wildman–Crippen LogP) is 7.48. The van der Waals surface area contributed by atoms with E-state index in [-0.39, 0.29) is 11.1 Å². The maximum absolute atomic E-state index is 6.31. The third kappa shape index (κ3) is 8.71. The number of ether oxygens (including phenoxy) is 2. The van der Waals surface area contributed by atoms with Gasteiger partial charge in [0.2, 0.25) is 0 Å². The van der Waals surface area contributed by atoms with Crippen molar-refractivity contribution in [2.24, 2.45) is 0 Å². The second-order valence-corrected chi connectivity index (χ2v) is 17.3. The highest BCUT2D eigenvalue weighted by Crippen LogP contribution is 2.37. The molecule has 3 aromatic carbocycles. The van der Waals surface area contributed by atoms with Crippen LogP contribution in [-0.2, 0) is 24.0 Å². The fourth-order valence-corrected chi connectivity index (χ4v) is 6.86. The first-order chi connectivity index (χ1) is 18.1. The lowest BCUT2D eigenvalue weighted by atomic mass is 10.0. The van der Waals surface area contributed by atoms with Gasteiger partial charge in [-0.25, -0.2) is 0 Å². The van der Waals surface area contributed by atoms with Crippen molar-refractivity contribution in [1.29, 1.82) is 0 Å². The maximum atomic E-state index is 6.31. The van der Waals surface area contributed by atoms with Gasteiger partial charge in [-0.1, -0.05) is 107 Å². The van der Waals surface area contributed by atoms with Gasteiger partial charge >= 0.3 is 0 Å². The van der Waals surface area contributed by atoms with Crippen molar-refractivity contribution in [3.63, 3.8) is 0 Å². The van der Waals surface area contributed by atoms with Crippen LogP contribution in [0.15, 0.2) is 78.9 Å². The number of hydrogen-bond acceptors (Lipinski definition) is 3. The molecule has 0 bridgehead atoms. The molecule has 0 saturated carbocycles. The van der Waals surface area contributed by atoms with Gasteiger partial charge in [0, 0.05) is 6.54 Å². The van der Waals surface area contributed by atoms with Gasteiger partial charge < -0.3 is 14.8 Å². The summed E-state index contributed by atoms with van der Waals surface area (Å²) in [4.78, 5) is 0. The van der Waals surface area contributed by atoms with Crippen molar-refractivity contribution < 1.29 is 9.47 Å². The molecule has 0 radical (unpaired) electrons. The summed E-state index contributed by atoms with van der Waals surface area (Å²) in [5.41, 5.74) is 3.89. The van der Waals surface area contributed by atoms with Crippen molar-refractivity contribution >= 4 is 30.7 Å². The standard InChI is InChI=1S/C33H45NO2SSi/c1-33(2,3)38(5,6)31-22-19-28(25-30(31)35-4)18-21-29(20-17-26-13-9-7-10-14-26)36-32(37)34-24-23-27-15-11-8-12-16-27/h7-16,19,22,25,29H,17-18,20-21,23-24H2,1-6H3,(H,34,37). The molecule has 0 aliphatic heterocycles. The third-order valence-electron chi connectivity index (χ3n) is 7.97. The topological polar surface area (TPSA) is 30.5 Å². The molecular weight excluding hydrogens is 503 g/mol. The molecule has 5 heteroatoms. The smallest absolute Gasteiger partial charge is 0.256 e. The summed E-state index contributed by atoms with van der Waals surface area (Å²) in [6, 6.07) is 27.9. The first-order valence-corrected chi connectivity index (χ1v) is 17.2. The minimum absolute atomic E-state index is 0.0398. The van der Waals surface area contributed by atoms with E-state index in [1.54, 1.807) is 7.11 Å². The van der Waals surface area contributed by atoms with Crippen LogP contribution < -0.4 is 15.2 Å². The van der Waals surface area contributed by atoms with Crippen molar-refractivity contribution in [2.45, 2.75) is 77.1 Å². The van der Waals surface area contributed by atoms with Crippen molar-refractivity contribution in [3.05, 3.63) is 95.6 Å². The second kappa shape index (κ2) is 14.0. The molecule has 38 heavy (non-hydrogen) atoms. The van der Waals surface area contributed by atoms with Gasteiger partial charge in [-0.3, -0.25) is 0 Å². The van der Waals surface area contributed by atoms with Gasteiger partial charge in [-0.15, -0.1) is 0 Å². The van der Waals surface area contributed by atoms with Gasteiger partial charge in [0.15, 0.2) is 0 Å². The molecule has 3 nitrogen and oxygen atoms in total. The van der Waals surface area contributed by atoms with E-state index >= 15 is 0 Å². The van der Waals surface area contributed by atoms with E-state index in [0.29, 0.717) is 5.17 Å². The number of nitrogens with one attached hydrogen (secondary N) is 1. The van der Waals surface area contributed by atoms with Crippen LogP contribution in [0.4, 0.5) is 0 Å². The van der Waals surface area contributed by atoms with Crippen molar-refractivity contribution in [1.82, 2.24) is 5.32 Å². The highest BCUT2D eigenvalue weighted by Gasteiger charge is 2.38. The molecule has 1 atom stereocenters. The Balaban J connectivity index is 1.64. The highest BCUT2D eigenvalue weighted by molar-refractivity contribution is 7.80. The van der Waals surface area contributed by atoms with E-state index in [1.807, 2.05) is 6.07 Å². The third-order valence-corrected chi connectivity index (χ3v) is 13.7. The molecule has 1 unspecified atom stereocenters. The zero-order chi connectivity index (χ0) is 27.6. The number of hydrogen-bond donors (Lipinski definition) is 1. The Bertz CT molecular complexity index is 1140. The molecular formula is C33H45NO2SSi. The number of rotatable bonds is 12. The van der Waals surface area contributed by atoms with Crippen LogP contribution >= 0.6 is 12.2 Å². The first kappa shape index (κ1) is 29.9. The zero-order valence-electron chi connectivity index (χ0n) is 24.1. The fourth-order valence-electron chi connectivity index (χ4n) is 4.52. The normalized spacial score (nSPS) is 12.6. The van der Waals surface area contributed by atoms with Crippen LogP contribution in [0.2, 0.25) is 18.1 Å². The van der Waals surface area contributed by atoms with E-state index in [2.05, 4.69) is 112 Å². The summed E-state index contributed by atoms with van der Waals surface area (Å²) in [5, 5.41) is 5.44. The van der Waals surface area contributed by atoms with Crippen LogP contribution in [0.25, 0.3) is 0 Å². The number of benzene rings is 3. The molecule has 3 rings (SSSR count). The molecule has 0 saturated heterocycles. The summed E-state index contributed by atoms with van der Waals surface area (Å²) in [6.07, 6.45) is 4.66. The molecule has 3 aromatic rings. The summed E-state index contributed by atoms with van der Waals surface area (Å²) < 4.78 is 12.2. The van der Waals surface area contributed by atoms with Gasteiger partial charge in [-0.2, -0.15) is 0 Å². The highest BCUT2D eigenvalue weighted by atomic mass is 32.1. The first-order valence-electron chi connectivity index (χ1n) is 13.8. The van der Waals surface area contributed by atoms with Crippen LogP contribution in [0.5, 0.6) is 5.75 Å².